The molecule has 4 nitrogen and oxygen atoms in total. The van der Waals surface area contributed by atoms with Gasteiger partial charge in [0.1, 0.15) is 4.83 Å². The lowest BCUT2D eigenvalue weighted by molar-refractivity contribution is 0.00200. The zero-order valence-corrected chi connectivity index (χ0v) is 18.5. The predicted octanol–water partition coefficient (Wildman–Crippen LogP) is 5.36. The molecule has 1 aliphatic heterocycles. The molecule has 1 atom stereocenters. The van der Waals surface area contributed by atoms with Gasteiger partial charge in [-0.15, -0.1) is 11.3 Å². The fourth-order valence-electron chi connectivity index (χ4n) is 3.55. The summed E-state index contributed by atoms with van der Waals surface area (Å²) in [6.45, 7) is 9.13. The van der Waals surface area contributed by atoms with Crippen LogP contribution in [0.5, 0.6) is 0 Å². The van der Waals surface area contributed by atoms with Gasteiger partial charge < -0.3 is 4.74 Å². The molecule has 0 saturated carbocycles. The molecule has 28 heavy (non-hydrogen) atoms. The standard InChI is InChI=1S/C22H26N2O2S2/c1-5-10-27-22-23-20-19(16-11-17(13(2)3)26-12-18(16)28-20)21(25)24(22)15-8-6-14(4)7-9-15/h6-9,13,17H,5,10-12H2,1-4H3. The van der Waals surface area contributed by atoms with Crippen molar-refractivity contribution in [2.75, 3.05) is 5.75 Å². The summed E-state index contributed by atoms with van der Waals surface area (Å²) in [5.41, 5.74) is 3.26. The van der Waals surface area contributed by atoms with Gasteiger partial charge in [0.15, 0.2) is 5.16 Å². The van der Waals surface area contributed by atoms with Crippen molar-refractivity contribution in [3.05, 3.63) is 50.6 Å². The Morgan fingerprint density at radius 1 is 1.32 bits per heavy atom. The van der Waals surface area contributed by atoms with E-state index in [1.807, 2.05) is 24.3 Å². The quantitative estimate of drug-likeness (QED) is 0.417. The van der Waals surface area contributed by atoms with Gasteiger partial charge in [0.25, 0.3) is 5.56 Å². The molecule has 0 N–H and O–H groups in total. The molecular formula is C22H26N2O2S2. The van der Waals surface area contributed by atoms with Gasteiger partial charge in [-0.05, 0) is 37.0 Å². The average Bonchev–Trinajstić information content (AvgIpc) is 3.05. The summed E-state index contributed by atoms with van der Waals surface area (Å²) in [5.74, 6) is 1.36. The van der Waals surface area contributed by atoms with E-state index < -0.39 is 0 Å². The summed E-state index contributed by atoms with van der Waals surface area (Å²) in [5, 5.41) is 1.57. The molecule has 1 unspecified atom stereocenters. The number of aryl methyl sites for hydroxylation is 1. The lowest BCUT2D eigenvalue weighted by Crippen LogP contribution is -2.28. The number of benzene rings is 1. The topological polar surface area (TPSA) is 44.1 Å². The Balaban J connectivity index is 1.93. The van der Waals surface area contributed by atoms with E-state index in [0.29, 0.717) is 12.5 Å². The zero-order valence-electron chi connectivity index (χ0n) is 16.8. The summed E-state index contributed by atoms with van der Waals surface area (Å²) in [7, 11) is 0. The molecule has 6 heteroatoms. The molecule has 0 fully saturated rings. The number of rotatable bonds is 5. The molecule has 4 rings (SSSR count). The van der Waals surface area contributed by atoms with E-state index >= 15 is 0 Å². The van der Waals surface area contributed by atoms with Gasteiger partial charge in [0.05, 0.1) is 23.8 Å². The van der Waals surface area contributed by atoms with Crippen LogP contribution in [0.3, 0.4) is 0 Å². The molecule has 1 aliphatic rings. The molecule has 0 radical (unpaired) electrons. The van der Waals surface area contributed by atoms with Crippen LogP contribution in [0.1, 0.15) is 43.2 Å². The molecule has 0 bridgehead atoms. The molecule has 0 amide bonds. The first-order valence-corrected chi connectivity index (χ1v) is 11.7. The van der Waals surface area contributed by atoms with Crippen molar-refractivity contribution in [2.24, 2.45) is 5.92 Å². The van der Waals surface area contributed by atoms with Crippen LogP contribution < -0.4 is 5.56 Å². The highest BCUT2D eigenvalue weighted by atomic mass is 32.2. The minimum absolute atomic E-state index is 0.0503. The summed E-state index contributed by atoms with van der Waals surface area (Å²) in [4.78, 5) is 20.6. The Kier molecular flexibility index (Phi) is 5.63. The molecule has 0 spiro atoms. The van der Waals surface area contributed by atoms with Crippen molar-refractivity contribution >= 4 is 33.3 Å². The van der Waals surface area contributed by atoms with Crippen LogP contribution in [-0.2, 0) is 17.8 Å². The lowest BCUT2D eigenvalue weighted by Gasteiger charge is -2.26. The summed E-state index contributed by atoms with van der Waals surface area (Å²) < 4.78 is 7.83. The highest BCUT2D eigenvalue weighted by Gasteiger charge is 2.28. The van der Waals surface area contributed by atoms with Gasteiger partial charge in [-0.3, -0.25) is 9.36 Å². The van der Waals surface area contributed by atoms with E-state index in [1.54, 1.807) is 27.7 Å². The van der Waals surface area contributed by atoms with E-state index in [9.17, 15) is 4.79 Å². The van der Waals surface area contributed by atoms with Crippen LogP contribution in [-0.4, -0.2) is 21.4 Å². The van der Waals surface area contributed by atoms with E-state index in [2.05, 4.69) is 27.7 Å². The van der Waals surface area contributed by atoms with Gasteiger partial charge in [0.2, 0.25) is 0 Å². The monoisotopic (exact) mass is 414 g/mol. The molecule has 148 valence electrons. The number of hydrogen-bond acceptors (Lipinski definition) is 5. The Hall–Kier alpha value is -1.63. The summed E-state index contributed by atoms with van der Waals surface area (Å²) >= 11 is 3.27. The molecule has 3 heterocycles. The molecule has 0 aliphatic carbocycles. The minimum Gasteiger partial charge on any atom is -0.372 e. The summed E-state index contributed by atoms with van der Waals surface area (Å²) in [6, 6.07) is 8.12. The SMILES string of the molecule is CCCSc1nc2sc3c(c2c(=O)n1-c1ccc(C)cc1)CC(C(C)C)OC3. The zero-order chi connectivity index (χ0) is 19.8. The first kappa shape index (κ1) is 19.7. The fraction of sp³-hybridized carbons (Fsp3) is 0.455. The number of hydrogen-bond donors (Lipinski definition) is 0. The van der Waals surface area contributed by atoms with Crippen molar-refractivity contribution in [3.63, 3.8) is 0 Å². The van der Waals surface area contributed by atoms with Crippen molar-refractivity contribution in [2.45, 2.75) is 58.4 Å². The highest BCUT2D eigenvalue weighted by Crippen LogP contribution is 2.36. The number of thiophene rings is 1. The van der Waals surface area contributed by atoms with Crippen molar-refractivity contribution in [3.8, 4) is 5.69 Å². The molecule has 0 saturated heterocycles. The highest BCUT2D eigenvalue weighted by molar-refractivity contribution is 7.99. The molecule has 1 aromatic carbocycles. The van der Waals surface area contributed by atoms with E-state index in [0.717, 1.165) is 50.1 Å². The number of nitrogens with zero attached hydrogens (tertiary/aromatic N) is 2. The number of fused-ring (bicyclic) bond motifs is 3. The maximum Gasteiger partial charge on any atom is 0.267 e. The molecule has 3 aromatic rings. The van der Waals surface area contributed by atoms with Crippen molar-refractivity contribution in [1.29, 1.82) is 0 Å². The Morgan fingerprint density at radius 2 is 2.07 bits per heavy atom. The maximum absolute atomic E-state index is 13.7. The Labute approximate surface area is 174 Å². The van der Waals surface area contributed by atoms with Gasteiger partial charge in [0, 0.05) is 17.1 Å². The number of aromatic nitrogens is 2. The number of ether oxygens (including phenoxy) is 1. The third-order valence-electron chi connectivity index (χ3n) is 5.18. The number of thioether (sulfide) groups is 1. The summed E-state index contributed by atoms with van der Waals surface area (Å²) in [6.07, 6.45) is 1.99. The smallest absolute Gasteiger partial charge is 0.267 e. The lowest BCUT2D eigenvalue weighted by atomic mass is 9.96. The predicted molar refractivity (Wildman–Crippen MR) is 118 cm³/mol. The van der Waals surface area contributed by atoms with Crippen LogP contribution in [0.2, 0.25) is 0 Å². The largest absolute Gasteiger partial charge is 0.372 e. The van der Waals surface area contributed by atoms with Gasteiger partial charge in [-0.2, -0.15) is 0 Å². The van der Waals surface area contributed by atoms with Crippen LogP contribution in [0.25, 0.3) is 15.9 Å². The molecule has 2 aromatic heterocycles. The first-order valence-electron chi connectivity index (χ1n) is 9.88. The van der Waals surface area contributed by atoms with Crippen LogP contribution in [0, 0.1) is 12.8 Å². The van der Waals surface area contributed by atoms with E-state index in [-0.39, 0.29) is 11.7 Å². The Morgan fingerprint density at radius 3 is 2.75 bits per heavy atom. The average molecular weight is 415 g/mol. The third-order valence-corrected chi connectivity index (χ3v) is 7.43. The van der Waals surface area contributed by atoms with Gasteiger partial charge in [-0.25, -0.2) is 4.98 Å². The second-order valence-corrected chi connectivity index (χ2v) is 9.85. The normalized spacial score (nSPS) is 16.7. The first-order chi connectivity index (χ1) is 13.5. The second-order valence-electron chi connectivity index (χ2n) is 7.70. The van der Waals surface area contributed by atoms with Crippen LogP contribution in [0.4, 0.5) is 0 Å². The van der Waals surface area contributed by atoms with E-state index in [1.165, 1.54) is 5.56 Å². The Bertz CT molecular complexity index is 1050. The third kappa shape index (κ3) is 3.53. The van der Waals surface area contributed by atoms with Crippen molar-refractivity contribution < 1.29 is 4.74 Å². The van der Waals surface area contributed by atoms with Crippen molar-refractivity contribution in [1.82, 2.24) is 9.55 Å². The fourth-order valence-corrected chi connectivity index (χ4v) is 5.58. The van der Waals surface area contributed by atoms with Crippen LogP contribution in [0.15, 0.2) is 34.2 Å². The second kappa shape index (κ2) is 8.01. The maximum atomic E-state index is 13.7. The van der Waals surface area contributed by atoms with E-state index in [4.69, 9.17) is 9.72 Å². The molecular weight excluding hydrogens is 388 g/mol. The van der Waals surface area contributed by atoms with Gasteiger partial charge >= 0.3 is 0 Å². The minimum atomic E-state index is 0.0503. The van der Waals surface area contributed by atoms with Gasteiger partial charge in [-0.1, -0.05) is 50.2 Å². The van der Waals surface area contributed by atoms with Crippen LogP contribution >= 0.6 is 23.1 Å².